The number of hydrogen-bond donors (Lipinski definition) is 1. The first kappa shape index (κ1) is 26.0. The molecule has 1 aliphatic heterocycles. The predicted molar refractivity (Wildman–Crippen MR) is 121 cm³/mol. The molecule has 0 bridgehead atoms. The monoisotopic (exact) mass is 498 g/mol. The van der Waals surface area contributed by atoms with E-state index in [2.05, 4.69) is 4.98 Å². The first-order valence-electron chi connectivity index (χ1n) is 11.0. The Morgan fingerprint density at radius 2 is 1.85 bits per heavy atom. The number of aryl methyl sites for hydroxylation is 1. The molecule has 3 rings (SSSR count). The molecule has 1 aromatic heterocycles. The molecule has 2 heterocycles. The smallest absolute Gasteiger partial charge is 0.368 e. The van der Waals surface area contributed by atoms with Gasteiger partial charge in [-0.25, -0.2) is 14.0 Å². The molecule has 34 heavy (non-hydrogen) atoms. The maximum Gasteiger partial charge on any atom is 0.368 e. The Kier molecular flexibility index (Phi) is 8.59. The van der Waals surface area contributed by atoms with Gasteiger partial charge in [0.1, 0.15) is 12.3 Å². The molecule has 1 aliphatic rings. The highest BCUT2D eigenvalue weighted by Crippen LogP contribution is 2.56. The van der Waals surface area contributed by atoms with Crippen LogP contribution in [0.2, 0.25) is 0 Å². The normalized spacial score (nSPS) is 20.1. The Morgan fingerprint density at radius 1 is 1.21 bits per heavy atom. The van der Waals surface area contributed by atoms with Gasteiger partial charge in [0.05, 0.1) is 18.8 Å². The van der Waals surface area contributed by atoms with E-state index in [9.17, 15) is 18.9 Å². The number of carbonyl (C=O) groups excluding carboxylic acids is 1. The van der Waals surface area contributed by atoms with Crippen LogP contribution in [0.25, 0.3) is 0 Å². The molecule has 1 fully saturated rings. The lowest BCUT2D eigenvalue weighted by Gasteiger charge is -2.30. The number of H-pyrrole nitrogens is 1. The summed E-state index contributed by atoms with van der Waals surface area (Å²) in [4.78, 5) is 38.9. The molecule has 0 amide bonds. The summed E-state index contributed by atoms with van der Waals surface area (Å²) < 4.78 is 51.7. The standard InChI is InChI=1S/C22H28FN2O8P/c1-4-30-34(29,31-5-2)19(23)18(33-21(27)15-9-7-6-8-10-15)16-11-12-17(32-16)25-13-14(3)20(26)24-22(25)28/h6-10,13,16-19H,4-5,11-12H2,1-3H3,(H,24,26,28)/t16-,17+,18?,19?/m0/s1. The summed E-state index contributed by atoms with van der Waals surface area (Å²) in [6.07, 6.45) is -1.76. The molecule has 0 aliphatic carbocycles. The number of benzene rings is 1. The Labute approximate surface area is 195 Å². The minimum Gasteiger partial charge on any atom is -0.452 e. The fraction of sp³-hybridized carbons (Fsp3) is 0.500. The molecule has 2 unspecified atom stereocenters. The molecule has 2 aromatic rings. The highest BCUT2D eigenvalue weighted by Gasteiger charge is 2.50. The van der Waals surface area contributed by atoms with Crippen molar-refractivity contribution < 1.29 is 32.3 Å². The van der Waals surface area contributed by atoms with Gasteiger partial charge in [0.2, 0.25) is 5.91 Å². The minimum atomic E-state index is -4.32. The lowest BCUT2D eigenvalue weighted by molar-refractivity contribution is -0.0849. The van der Waals surface area contributed by atoms with Crippen LogP contribution in [0.4, 0.5) is 4.39 Å². The number of rotatable bonds is 10. The molecular weight excluding hydrogens is 470 g/mol. The van der Waals surface area contributed by atoms with E-state index < -0.39 is 49.2 Å². The van der Waals surface area contributed by atoms with Crippen LogP contribution in [0.15, 0.2) is 46.1 Å². The van der Waals surface area contributed by atoms with Crippen molar-refractivity contribution in [2.24, 2.45) is 0 Å². The van der Waals surface area contributed by atoms with Gasteiger partial charge in [0.15, 0.2) is 6.10 Å². The zero-order chi connectivity index (χ0) is 24.9. The van der Waals surface area contributed by atoms with Crippen molar-refractivity contribution in [2.75, 3.05) is 13.2 Å². The number of ether oxygens (including phenoxy) is 2. The Bertz CT molecular complexity index is 1140. The molecule has 12 heteroatoms. The number of hydrogen-bond acceptors (Lipinski definition) is 8. The van der Waals surface area contributed by atoms with Crippen LogP contribution in [-0.4, -0.2) is 46.9 Å². The van der Waals surface area contributed by atoms with E-state index in [1.165, 1.54) is 43.7 Å². The average Bonchev–Trinajstić information content (AvgIpc) is 3.30. The number of aromatic nitrogens is 2. The van der Waals surface area contributed by atoms with Crippen molar-refractivity contribution in [3.8, 4) is 0 Å². The van der Waals surface area contributed by atoms with Crippen molar-refractivity contribution in [3.05, 3.63) is 68.5 Å². The molecule has 4 atom stereocenters. The minimum absolute atomic E-state index is 0.0861. The summed E-state index contributed by atoms with van der Waals surface area (Å²) in [5.41, 5.74) is -0.752. The molecule has 1 saturated heterocycles. The van der Waals surface area contributed by atoms with E-state index in [1.807, 2.05) is 0 Å². The van der Waals surface area contributed by atoms with E-state index in [4.69, 9.17) is 18.5 Å². The fourth-order valence-electron chi connectivity index (χ4n) is 3.69. The predicted octanol–water partition coefficient (Wildman–Crippen LogP) is 3.31. The Hall–Kier alpha value is -2.59. The lowest BCUT2D eigenvalue weighted by Crippen LogP contribution is -2.40. The van der Waals surface area contributed by atoms with Gasteiger partial charge in [-0.3, -0.25) is 18.9 Å². The van der Waals surface area contributed by atoms with Crippen LogP contribution < -0.4 is 11.2 Å². The summed E-state index contributed by atoms with van der Waals surface area (Å²) in [5, 5.41) is 0. The maximum atomic E-state index is 15.8. The molecule has 10 nitrogen and oxygen atoms in total. The van der Waals surface area contributed by atoms with Gasteiger partial charge in [-0.1, -0.05) is 18.2 Å². The van der Waals surface area contributed by atoms with Gasteiger partial charge in [-0.15, -0.1) is 0 Å². The van der Waals surface area contributed by atoms with E-state index in [1.54, 1.807) is 18.2 Å². The highest BCUT2D eigenvalue weighted by molar-refractivity contribution is 7.54. The number of carbonyl (C=O) groups is 1. The first-order chi connectivity index (χ1) is 16.2. The lowest BCUT2D eigenvalue weighted by atomic mass is 10.1. The fourth-order valence-corrected chi connectivity index (χ4v) is 5.38. The third-order valence-corrected chi connectivity index (χ3v) is 7.43. The third kappa shape index (κ3) is 5.72. The molecule has 1 aromatic carbocycles. The van der Waals surface area contributed by atoms with Crippen LogP contribution in [0.5, 0.6) is 0 Å². The van der Waals surface area contributed by atoms with E-state index in [-0.39, 0.29) is 31.6 Å². The molecule has 1 N–H and O–H groups in total. The molecule has 0 saturated carbocycles. The molecule has 186 valence electrons. The number of alkyl halides is 1. The van der Waals surface area contributed by atoms with Gasteiger partial charge >= 0.3 is 19.3 Å². The Balaban J connectivity index is 1.91. The van der Waals surface area contributed by atoms with Gasteiger partial charge < -0.3 is 18.5 Å². The van der Waals surface area contributed by atoms with E-state index in [0.29, 0.717) is 5.56 Å². The summed E-state index contributed by atoms with van der Waals surface area (Å²) in [6.45, 7) is 4.44. The van der Waals surface area contributed by atoms with Gasteiger partial charge in [0.25, 0.3) is 5.56 Å². The van der Waals surface area contributed by atoms with Crippen molar-refractivity contribution in [3.63, 3.8) is 0 Å². The quantitative estimate of drug-likeness (QED) is 0.391. The molecular formula is C22H28FN2O8P. The second-order valence-electron chi connectivity index (χ2n) is 7.67. The summed E-state index contributed by atoms with van der Waals surface area (Å²) in [5.74, 6) is -3.17. The first-order valence-corrected chi connectivity index (χ1v) is 12.6. The largest absolute Gasteiger partial charge is 0.452 e. The number of halogens is 1. The topological polar surface area (TPSA) is 126 Å². The van der Waals surface area contributed by atoms with Crippen LogP contribution >= 0.6 is 7.60 Å². The second-order valence-corrected chi connectivity index (χ2v) is 9.76. The van der Waals surface area contributed by atoms with Crippen LogP contribution in [-0.2, 0) is 23.1 Å². The van der Waals surface area contributed by atoms with Crippen molar-refractivity contribution in [1.82, 2.24) is 9.55 Å². The summed E-state index contributed by atoms with van der Waals surface area (Å²) in [6, 6.07) is 7.95. The highest BCUT2D eigenvalue weighted by atomic mass is 31.2. The van der Waals surface area contributed by atoms with E-state index >= 15 is 4.39 Å². The summed E-state index contributed by atoms with van der Waals surface area (Å²) in [7, 11) is -4.32. The number of nitrogens with zero attached hydrogens (tertiary/aromatic N) is 1. The van der Waals surface area contributed by atoms with Crippen LogP contribution in [0.1, 0.15) is 48.8 Å². The van der Waals surface area contributed by atoms with Crippen molar-refractivity contribution >= 4 is 13.6 Å². The number of nitrogens with one attached hydrogen (secondary N) is 1. The molecule has 0 spiro atoms. The zero-order valence-corrected chi connectivity index (χ0v) is 20.0. The van der Waals surface area contributed by atoms with Gasteiger partial charge in [-0.2, -0.15) is 0 Å². The Morgan fingerprint density at radius 3 is 2.47 bits per heavy atom. The maximum absolute atomic E-state index is 15.8. The average molecular weight is 498 g/mol. The van der Waals surface area contributed by atoms with Gasteiger partial charge in [-0.05, 0) is 45.7 Å². The zero-order valence-electron chi connectivity index (χ0n) is 19.1. The SMILES string of the molecule is CCOP(=O)(OCC)C(F)C(OC(=O)c1ccccc1)[C@@H]1CC[C@H](n2cc(C)c(=O)[nH]c2=O)O1. The van der Waals surface area contributed by atoms with Crippen molar-refractivity contribution in [1.29, 1.82) is 0 Å². The van der Waals surface area contributed by atoms with Gasteiger partial charge in [0, 0.05) is 11.8 Å². The van der Waals surface area contributed by atoms with Crippen molar-refractivity contribution in [2.45, 2.75) is 58.0 Å². The number of esters is 1. The summed E-state index contributed by atoms with van der Waals surface area (Å²) >= 11 is 0. The van der Waals surface area contributed by atoms with E-state index in [0.717, 1.165) is 0 Å². The number of aromatic amines is 1. The second kappa shape index (κ2) is 11.2. The third-order valence-electron chi connectivity index (χ3n) is 5.30. The van der Waals surface area contributed by atoms with Crippen LogP contribution in [0, 0.1) is 6.92 Å². The molecule has 0 radical (unpaired) electrons. The van der Waals surface area contributed by atoms with Crippen LogP contribution in [0.3, 0.4) is 0 Å².